The van der Waals surface area contributed by atoms with Crippen LogP contribution in [0.1, 0.15) is 48.6 Å². The number of aromatic nitrogens is 2. The average molecular weight is 334 g/mol. The lowest BCUT2D eigenvalue weighted by atomic mass is 10.1. The van der Waals surface area contributed by atoms with E-state index in [0.717, 1.165) is 35.6 Å². The summed E-state index contributed by atoms with van der Waals surface area (Å²) in [6, 6.07) is 16.2. The summed E-state index contributed by atoms with van der Waals surface area (Å²) >= 11 is 0. The first-order valence-electron chi connectivity index (χ1n) is 8.90. The molecule has 0 radical (unpaired) electrons. The Labute approximate surface area is 147 Å². The van der Waals surface area contributed by atoms with Crippen LogP contribution in [0.15, 0.2) is 53.1 Å². The molecule has 1 saturated carbocycles. The normalized spacial score (nSPS) is 14.8. The van der Waals surface area contributed by atoms with Gasteiger partial charge in [-0.3, -0.25) is 0 Å². The Morgan fingerprint density at radius 1 is 1.08 bits per heavy atom. The van der Waals surface area contributed by atoms with Gasteiger partial charge in [-0.05, 0) is 37.5 Å². The number of aryl methyl sites for hydroxylation is 1. The number of hydrogen-bond acceptors (Lipinski definition) is 4. The van der Waals surface area contributed by atoms with E-state index >= 15 is 0 Å². The maximum atomic E-state index is 5.93. The Morgan fingerprint density at radius 3 is 2.76 bits per heavy atom. The van der Waals surface area contributed by atoms with Crippen LogP contribution in [0.25, 0.3) is 11.4 Å². The first-order valence-corrected chi connectivity index (χ1v) is 8.90. The summed E-state index contributed by atoms with van der Waals surface area (Å²) in [5, 5.41) is 4.16. The van der Waals surface area contributed by atoms with Gasteiger partial charge in [-0.15, -0.1) is 0 Å². The van der Waals surface area contributed by atoms with Gasteiger partial charge in [0, 0.05) is 11.5 Å². The van der Waals surface area contributed by atoms with Crippen molar-refractivity contribution in [2.24, 2.45) is 0 Å². The van der Waals surface area contributed by atoms with Gasteiger partial charge < -0.3 is 9.26 Å². The van der Waals surface area contributed by atoms with Crippen LogP contribution in [0.3, 0.4) is 0 Å². The summed E-state index contributed by atoms with van der Waals surface area (Å²) in [6.45, 7) is 2.63. The van der Waals surface area contributed by atoms with Crippen molar-refractivity contribution in [2.45, 2.75) is 45.1 Å². The number of ether oxygens (including phenoxy) is 1. The minimum absolute atomic E-state index is 0.432. The molecule has 0 amide bonds. The van der Waals surface area contributed by atoms with Crippen molar-refractivity contribution in [3.63, 3.8) is 0 Å². The van der Waals surface area contributed by atoms with E-state index in [4.69, 9.17) is 9.26 Å². The average Bonchev–Trinajstić information content (AvgIpc) is 3.31. The molecule has 2 aromatic carbocycles. The molecule has 1 fully saturated rings. The van der Waals surface area contributed by atoms with Gasteiger partial charge in [0.1, 0.15) is 12.4 Å². The summed E-state index contributed by atoms with van der Waals surface area (Å²) in [6.07, 6.45) is 4.82. The Bertz CT molecular complexity index is 850. The molecule has 0 unspecified atom stereocenters. The van der Waals surface area contributed by atoms with E-state index in [1.165, 1.54) is 18.4 Å². The molecule has 4 nitrogen and oxygen atoms in total. The van der Waals surface area contributed by atoms with Crippen LogP contribution in [0.5, 0.6) is 5.75 Å². The first kappa shape index (κ1) is 15.9. The van der Waals surface area contributed by atoms with Crippen molar-refractivity contribution >= 4 is 0 Å². The molecule has 1 aromatic heterocycles. The van der Waals surface area contributed by atoms with E-state index in [-0.39, 0.29) is 0 Å². The quantitative estimate of drug-likeness (QED) is 0.637. The topological polar surface area (TPSA) is 48.2 Å². The van der Waals surface area contributed by atoms with Gasteiger partial charge in [-0.25, -0.2) is 0 Å². The summed E-state index contributed by atoms with van der Waals surface area (Å²) in [4.78, 5) is 4.60. The van der Waals surface area contributed by atoms with E-state index in [1.54, 1.807) is 0 Å². The van der Waals surface area contributed by atoms with Crippen molar-refractivity contribution in [2.75, 3.05) is 0 Å². The predicted molar refractivity (Wildman–Crippen MR) is 96.5 cm³/mol. The third-order valence-corrected chi connectivity index (χ3v) is 4.73. The van der Waals surface area contributed by atoms with Crippen molar-refractivity contribution in [1.82, 2.24) is 10.1 Å². The predicted octanol–water partition coefficient (Wildman–Crippen LogP) is 5.28. The highest BCUT2D eigenvalue weighted by Crippen LogP contribution is 2.34. The van der Waals surface area contributed by atoms with Crippen molar-refractivity contribution in [3.8, 4) is 17.1 Å². The molecule has 0 aliphatic heterocycles. The molecule has 1 aliphatic carbocycles. The summed E-state index contributed by atoms with van der Waals surface area (Å²) in [5.41, 5.74) is 3.32. The molecule has 0 atom stereocenters. The van der Waals surface area contributed by atoms with Gasteiger partial charge in [-0.2, -0.15) is 4.98 Å². The van der Waals surface area contributed by atoms with E-state index in [2.05, 4.69) is 35.3 Å². The lowest BCUT2D eigenvalue weighted by molar-refractivity contribution is 0.306. The summed E-state index contributed by atoms with van der Waals surface area (Å²) < 4.78 is 11.4. The maximum absolute atomic E-state index is 5.93. The number of rotatable bonds is 5. The highest BCUT2D eigenvalue weighted by Gasteiger charge is 2.23. The van der Waals surface area contributed by atoms with Crippen molar-refractivity contribution in [1.29, 1.82) is 0 Å². The smallest absolute Gasteiger partial charge is 0.230 e. The van der Waals surface area contributed by atoms with Crippen LogP contribution < -0.4 is 4.74 Å². The van der Waals surface area contributed by atoms with E-state index in [9.17, 15) is 0 Å². The molecule has 4 heteroatoms. The molecular formula is C21H22N2O2. The van der Waals surface area contributed by atoms with Gasteiger partial charge in [0.15, 0.2) is 0 Å². The fourth-order valence-corrected chi connectivity index (χ4v) is 3.38. The van der Waals surface area contributed by atoms with Crippen LogP contribution in [0.4, 0.5) is 0 Å². The van der Waals surface area contributed by atoms with Crippen LogP contribution in [0, 0.1) is 6.92 Å². The molecule has 0 saturated heterocycles. The third kappa shape index (κ3) is 3.73. The van der Waals surface area contributed by atoms with Gasteiger partial charge in [0.05, 0.1) is 0 Å². The number of hydrogen-bond donors (Lipinski definition) is 0. The van der Waals surface area contributed by atoms with Crippen molar-refractivity contribution < 1.29 is 9.26 Å². The highest BCUT2D eigenvalue weighted by atomic mass is 16.5. The largest absolute Gasteiger partial charge is 0.489 e. The number of nitrogens with zero attached hydrogens (tertiary/aromatic N) is 2. The zero-order valence-corrected chi connectivity index (χ0v) is 14.4. The second-order valence-electron chi connectivity index (χ2n) is 6.74. The van der Waals surface area contributed by atoms with E-state index in [0.29, 0.717) is 18.3 Å². The van der Waals surface area contributed by atoms with Gasteiger partial charge >= 0.3 is 0 Å². The molecule has 25 heavy (non-hydrogen) atoms. The fourth-order valence-electron chi connectivity index (χ4n) is 3.38. The second-order valence-corrected chi connectivity index (χ2v) is 6.74. The lowest BCUT2D eigenvalue weighted by Crippen LogP contribution is -1.96. The Balaban J connectivity index is 1.47. The molecule has 1 aliphatic rings. The maximum Gasteiger partial charge on any atom is 0.230 e. The minimum Gasteiger partial charge on any atom is -0.489 e. The molecule has 3 aromatic rings. The SMILES string of the molecule is Cc1cccc(COc2cccc(-c3noc(C4CCCC4)n3)c2)c1. The van der Waals surface area contributed by atoms with Crippen LogP contribution in [-0.2, 0) is 6.61 Å². The van der Waals surface area contributed by atoms with Crippen LogP contribution in [-0.4, -0.2) is 10.1 Å². The second kappa shape index (κ2) is 7.09. The molecule has 0 spiro atoms. The molecule has 1 heterocycles. The Kier molecular flexibility index (Phi) is 4.51. The zero-order valence-electron chi connectivity index (χ0n) is 14.4. The Hall–Kier alpha value is -2.62. The monoisotopic (exact) mass is 334 g/mol. The van der Waals surface area contributed by atoms with Crippen LogP contribution >= 0.6 is 0 Å². The van der Waals surface area contributed by atoms with Gasteiger partial charge in [-0.1, -0.05) is 60.0 Å². The third-order valence-electron chi connectivity index (χ3n) is 4.73. The van der Waals surface area contributed by atoms with E-state index in [1.807, 2.05) is 30.3 Å². The molecule has 0 N–H and O–H groups in total. The first-order chi connectivity index (χ1) is 12.3. The lowest BCUT2D eigenvalue weighted by Gasteiger charge is -2.07. The van der Waals surface area contributed by atoms with E-state index < -0.39 is 0 Å². The van der Waals surface area contributed by atoms with Crippen LogP contribution in [0.2, 0.25) is 0 Å². The molecule has 0 bridgehead atoms. The molecule has 4 rings (SSSR count). The number of benzene rings is 2. The zero-order chi connectivity index (χ0) is 17.1. The van der Waals surface area contributed by atoms with Crippen molar-refractivity contribution in [3.05, 3.63) is 65.5 Å². The minimum atomic E-state index is 0.432. The highest BCUT2D eigenvalue weighted by molar-refractivity contribution is 5.56. The Morgan fingerprint density at radius 2 is 1.92 bits per heavy atom. The summed E-state index contributed by atoms with van der Waals surface area (Å²) in [5.74, 6) is 2.66. The molecular weight excluding hydrogens is 312 g/mol. The molecule has 128 valence electrons. The van der Waals surface area contributed by atoms with Gasteiger partial charge in [0.2, 0.25) is 11.7 Å². The standard InChI is InChI=1S/C21H22N2O2/c1-15-6-4-7-16(12-15)14-24-19-11-5-10-18(13-19)20-22-21(25-23-20)17-8-2-3-9-17/h4-7,10-13,17H,2-3,8-9,14H2,1H3. The van der Waals surface area contributed by atoms with Gasteiger partial charge in [0.25, 0.3) is 0 Å². The fraction of sp³-hybridized carbons (Fsp3) is 0.333. The summed E-state index contributed by atoms with van der Waals surface area (Å²) in [7, 11) is 0.